The van der Waals surface area contributed by atoms with Gasteiger partial charge in [0, 0.05) is 17.9 Å². The summed E-state index contributed by atoms with van der Waals surface area (Å²) in [5, 5.41) is 4.21. The summed E-state index contributed by atoms with van der Waals surface area (Å²) in [7, 11) is 2.10. The van der Waals surface area contributed by atoms with E-state index in [0.717, 1.165) is 31.9 Å². The highest BCUT2D eigenvalue weighted by Gasteiger charge is 2.08. The van der Waals surface area contributed by atoms with Gasteiger partial charge in [-0.05, 0) is 13.5 Å². The monoisotopic (exact) mass is 274 g/mol. The number of alkyl halides is 1. The van der Waals surface area contributed by atoms with Crippen molar-refractivity contribution in [3.8, 4) is 0 Å². The summed E-state index contributed by atoms with van der Waals surface area (Å²) < 4.78 is 1.98. The molecule has 1 atom stereocenters. The summed E-state index contributed by atoms with van der Waals surface area (Å²) in [6.07, 6.45) is 2.73. The van der Waals surface area contributed by atoms with Crippen molar-refractivity contribution in [2.75, 3.05) is 13.6 Å². The van der Waals surface area contributed by atoms with Crippen molar-refractivity contribution in [3.05, 3.63) is 12.2 Å². The molecule has 0 aliphatic heterocycles. The third-order valence-electron chi connectivity index (χ3n) is 2.11. The van der Waals surface area contributed by atoms with E-state index in [9.17, 15) is 0 Å². The zero-order chi connectivity index (χ0) is 11.3. The topological polar surface area (TPSA) is 34.0 Å². The van der Waals surface area contributed by atoms with Crippen molar-refractivity contribution in [1.29, 1.82) is 0 Å². The molecule has 0 spiro atoms. The van der Waals surface area contributed by atoms with Gasteiger partial charge in [-0.2, -0.15) is 5.10 Å². The van der Waals surface area contributed by atoms with Crippen LogP contribution in [0.4, 0.5) is 0 Å². The largest absolute Gasteiger partial charge is 0.298 e. The number of nitrogens with zero attached hydrogens (tertiary/aromatic N) is 4. The molecule has 1 aromatic heterocycles. The second-order valence-electron chi connectivity index (χ2n) is 3.88. The minimum atomic E-state index is 0.505. The van der Waals surface area contributed by atoms with Gasteiger partial charge in [0.15, 0.2) is 0 Å². The summed E-state index contributed by atoms with van der Waals surface area (Å²) in [5.74, 6) is 1.05. The SMILES string of the molecule is CCCn1ncnc1CN(C)CC(C)Br. The number of halogens is 1. The summed E-state index contributed by atoms with van der Waals surface area (Å²) in [6, 6.07) is 0. The Hall–Kier alpha value is -0.420. The first-order valence-corrected chi connectivity index (χ1v) is 6.24. The lowest BCUT2D eigenvalue weighted by Gasteiger charge is -2.17. The maximum absolute atomic E-state index is 4.28. The molecule has 86 valence electrons. The van der Waals surface area contributed by atoms with Crippen molar-refractivity contribution in [3.63, 3.8) is 0 Å². The molecule has 1 unspecified atom stereocenters. The van der Waals surface area contributed by atoms with E-state index >= 15 is 0 Å². The van der Waals surface area contributed by atoms with E-state index in [4.69, 9.17) is 0 Å². The molecule has 0 N–H and O–H groups in total. The Morgan fingerprint density at radius 3 is 2.93 bits per heavy atom. The number of aromatic nitrogens is 3. The van der Waals surface area contributed by atoms with Gasteiger partial charge in [-0.1, -0.05) is 29.8 Å². The quantitative estimate of drug-likeness (QED) is 0.744. The molecule has 1 rings (SSSR count). The molecule has 1 heterocycles. The van der Waals surface area contributed by atoms with Crippen molar-refractivity contribution in [2.24, 2.45) is 0 Å². The second-order valence-corrected chi connectivity index (χ2v) is 5.44. The molecule has 0 bridgehead atoms. The van der Waals surface area contributed by atoms with Gasteiger partial charge in [-0.25, -0.2) is 9.67 Å². The first-order valence-electron chi connectivity index (χ1n) is 5.32. The van der Waals surface area contributed by atoms with Gasteiger partial charge in [0.1, 0.15) is 12.2 Å². The second kappa shape index (κ2) is 6.23. The van der Waals surface area contributed by atoms with Gasteiger partial charge in [0.25, 0.3) is 0 Å². The lowest BCUT2D eigenvalue weighted by atomic mass is 10.4. The van der Waals surface area contributed by atoms with Gasteiger partial charge >= 0.3 is 0 Å². The molecule has 0 aliphatic rings. The van der Waals surface area contributed by atoms with Crippen LogP contribution in [0.2, 0.25) is 0 Å². The number of hydrogen-bond acceptors (Lipinski definition) is 3. The van der Waals surface area contributed by atoms with Crippen LogP contribution in [-0.4, -0.2) is 38.1 Å². The van der Waals surface area contributed by atoms with Gasteiger partial charge in [0.2, 0.25) is 0 Å². The Morgan fingerprint density at radius 1 is 1.60 bits per heavy atom. The summed E-state index contributed by atoms with van der Waals surface area (Å²) >= 11 is 3.54. The van der Waals surface area contributed by atoms with Crippen LogP contribution in [-0.2, 0) is 13.1 Å². The zero-order valence-corrected chi connectivity index (χ0v) is 11.2. The summed E-state index contributed by atoms with van der Waals surface area (Å²) in [5.41, 5.74) is 0. The molecule has 0 saturated carbocycles. The highest BCUT2D eigenvalue weighted by Crippen LogP contribution is 2.04. The Bertz CT molecular complexity index is 285. The van der Waals surface area contributed by atoms with Crippen LogP contribution < -0.4 is 0 Å². The number of aryl methyl sites for hydroxylation is 1. The molecule has 0 saturated heterocycles. The molecule has 15 heavy (non-hydrogen) atoms. The molecular formula is C10H19BrN4. The third kappa shape index (κ3) is 4.30. The minimum absolute atomic E-state index is 0.505. The lowest BCUT2D eigenvalue weighted by Crippen LogP contribution is -2.26. The highest BCUT2D eigenvalue weighted by molar-refractivity contribution is 9.09. The standard InChI is InChI=1S/C10H19BrN4/c1-4-5-15-10(12-8-13-15)7-14(3)6-9(2)11/h8-9H,4-7H2,1-3H3. The summed E-state index contributed by atoms with van der Waals surface area (Å²) in [6.45, 7) is 7.12. The van der Waals surface area contributed by atoms with Crippen LogP contribution >= 0.6 is 15.9 Å². The molecule has 0 radical (unpaired) electrons. The zero-order valence-electron chi connectivity index (χ0n) is 9.65. The van der Waals surface area contributed by atoms with Crippen molar-refractivity contribution in [1.82, 2.24) is 19.7 Å². The maximum atomic E-state index is 4.28. The third-order valence-corrected chi connectivity index (χ3v) is 2.40. The summed E-state index contributed by atoms with van der Waals surface area (Å²) in [4.78, 5) is 7.03. The average molecular weight is 275 g/mol. The Labute approximate surface area is 99.8 Å². The molecular weight excluding hydrogens is 256 g/mol. The van der Waals surface area contributed by atoms with Crippen molar-refractivity contribution < 1.29 is 0 Å². The smallest absolute Gasteiger partial charge is 0.140 e. The fourth-order valence-electron chi connectivity index (χ4n) is 1.54. The molecule has 1 aromatic rings. The first kappa shape index (κ1) is 12.6. The predicted molar refractivity (Wildman–Crippen MR) is 65.0 cm³/mol. The Morgan fingerprint density at radius 2 is 2.33 bits per heavy atom. The van der Waals surface area contributed by atoms with Gasteiger partial charge in [-0.3, -0.25) is 4.90 Å². The van der Waals surface area contributed by atoms with Crippen molar-refractivity contribution in [2.45, 2.75) is 38.2 Å². The van der Waals surface area contributed by atoms with E-state index in [1.165, 1.54) is 0 Å². The fourth-order valence-corrected chi connectivity index (χ4v) is 2.04. The molecule has 5 heteroatoms. The predicted octanol–water partition coefficient (Wildman–Crippen LogP) is 1.90. The average Bonchev–Trinajstić information content (AvgIpc) is 2.52. The van der Waals surface area contributed by atoms with Crippen LogP contribution in [0.3, 0.4) is 0 Å². The first-order chi connectivity index (χ1) is 7.13. The van der Waals surface area contributed by atoms with Gasteiger partial charge in [0.05, 0.1) is 6.54 Å². The molecule has 0 amide bonds. The van der Waals surface area contributed by atoms with Gasteiger partial charge < -0.3 is 0 Å². The van der Waals surface area contributed by atoms with Crippen LogP contribution in [0.25, 0.3) is 0 Å². The Kier molecular flexibility index (Phi) is 5.25. The van der Waals surface area contributed by atoms with Crippen LogP contribution in [0.1, 0.15) is 26.1 Å². The number of hydrogen-bond donors (Lipinski definition) is 0. The van der Waals surface area contributed by atoms with Crippen LogP contribution in [0.15, 0.2) is 6.33 Å². The molecule has 0 aliphatic carbocycles. The Balaban J connectivity index is 2.51. The van der Waals surface area contributed by atoms with E-state index in [2.05, 4.69) is 51.8 Å². The van der Waals surface area contributed by atoms with Crippen LogP contribution in [0.5, 0.6) is 0 Å². The maximum Gasteiger partial charge on any atom is 0.140 e. The van der Waals surface area contributed by atoms with E-state index in [-0.39, 0.29) is 0 Å². The minimum Gasteiger partial charge on any atom is -0.298 e. The van der Waals surface area contributed by atoms with Crippen molar-refractivity contribution >= 4 is 15.9 Å². The van der Waals surface area contributed by atoms with E-state index in [1.54, 1.807) is 6.33 Å². The molecule has 0 fully saturated rings. The molecule has 0 aromatic carbocycles. The van der Waals surface area contributed by atoms with Crippen LogP contribution in [0, 0.1) is 0 Å². The van der Waals surface area contributed by atoms with Gasteiger partial charge in [-0.15, -0.1) is 0 Å². The fraction of sp³-hybridized carbons (Fsp3) is 0.800. The molecule has 4 nitrogen and oxygen atoms in total. The van der Waals surface area contributed by atoms with E-state index < -0.39 is 0 Å². The van der Waals surface area contributed by atoms with E-state index in [0.29, 0.717) is 4.83 Å². The van der Waals surface area contributed by atoms with E-state index in [1.807, 2.05) is 4.68 Å². The lowest BCUT2D eigenvalue weighted by molar-refractivity contribution is 0.315. The highest BCUT2D eigenvalue weighted by atomic mass is 79.9. The number of rotatable bonds is 6. The normalized spacial score (nSPS) is 13.4.